The quantitative estimate of drug-likeness (QED) is 0.938. The standard InChI is InChI=1S/C15H19N3O2S/c1-18-15-9-5-8-14(13(15)10-16-18)17-21(19,20)11-12-6-3-2-4-7-12/h2-4,6-7,10,14,17H,5,8-9,11H2,1H3/t14-/m1/s1. The fourth-order valence-electron chi connectivity index (χ4n) is 2.88. The van der Waals surface area contributed by atoms with Gasteiger partial charge in [0.1, 0.15) is 0 Å². The molecule has 21 heavy (non-hydrogen) atoms. The summed E-state index contributed by atoms with van der Waals surface area (Å²) in [5.41, 5.74) is 2.95. The van der Waals surface area contributed by atoms with Crippen molar-refractivity contribution in [1.29, 1.82) is 0 Å². The minimum Gasteiger partial charge on any atom is -0.272 e. The Hall–Kier alpha value is -1.66. The molecule has 1 aromatic carbocycles. The average Bonchev–Trinajstić information content (AvgIpc) is 2.82. The summed E-state index contributed by atoms with van der Waals surface area (Å²) in [7, 11) is -1.45. The van der Waals surface area contributed by atoms with Crippen LogP contribution in [0.25, 0.3) is 0 Å². The van der Waals surface area contributed by atoms with E-state index in [1.165, 1.54) is 0 Å². The number of hydrogen-bond donors (Lipinski definition) is 1. The summed E-state index contributed by atoms with van der Waals surface area (Å²) in [5, 5.41) is 4.24. The first-order valence-corrected chi connectivity index (χ1v) is 8.75. The van der Waals surface area contributed by atoms with E-state index in [4.69, 9.17) is 0 Å². The van der Waals surface area contributed by atoms with Gasteiger partial charge in [-0.3, -0.25) is 4.68 Å². The maximum Gasteiger partial charge on any atom is 0.216 e. The first kappa shape index (κ1) is 14.3. The Balaban J connectivity index is 1.77. The fourth-order valence-corrected chi connectivity index (χ4v) is 4.27. The molecule has 112 valence electrons. The summed E-state index contributed by atoms with van der Waals surface area (Å²) in [4.78, 5) is 0. The molecule has 0 unspecified atom stereocenters. The van der Waals surface area contributed by atoms with Crippen molar-refractivity contribution in [2.24, 2.45) is 7.05 Å². The van der Waals surface area contributed by atoms with Gasteiger partial charge in [-0.25, -0.2) is 13.1 Å². The maximum absolute atomic E-state index is 12.3. The molecule has 1 N–H and O–H groups in total. The van der Waals surface area contributed by atoms with Gasteiger partial charge in [0.05, 0.1) is 18.0 Å². The molecule has 1 aliphatic rings. The molecule has 0 fully saturated rings. The van der Waals surface area contributed by atoms with Gasteiger partial charge in [0.2, 0.25) is 10.0 Å². The lowest BCUT2D eigenvalue weighted by molar-refractivity contribution is 0.497. The zero-order chi connectivity index (χ0) is 14.9. The van der Waals surface area contributed by atoms with Crippen LogP contribution < -0.4 is 4.72 Å². The van der Waals surface area contributed by atoms with Crippen molar-refractivity contribution in [2.75, 3.05) is 0 Å². The van der Waals surface area contributed by atoms with Gasteiger partial charge in [-0.05, 0) is 24.8 Å². The number of nitrogens with one attached hydrogen (secondary N) is 1. The van der Waals surface area contributed by atoms with Crippen molar-refractivity contribution < 1.29 is 8.42 Å². The number of hydrogen-bond acceptors (Lipinski definition) is 3. The first-order valence-electron chi connectivity index (χ1n) is 7.10. The Labute approximate surface area is 125 Å². The fraction of sp³-hybridized carbons (Fsp3) is 0.400. The van der Waals surface area contributed by atoms with Crippen molar-refractivity contribution in [1.82, 2.24) is 14.5 Å². The number of aryl methyl sites for hydroxylation is 1. The molecule has 1 heterocycles. The lowest BCUT2D eigenvalue weighted by Gasteiger charge is -2.23. The van der Waals surface area contributed by atoms with Crippen LogP contribution in [-0.4, -0.2) is 18.2 Å². The predicted octanol–water partition coefficient (Wildman–Crippen LogP) is 1.92. The second-order valence-electron chi connectivity index (χ2n) is 5.48. The van der Waals surface area contributed by atoms with Gasteiger partial charge in [-0.15, -0.1) is 0 Å². The average molecular weight is 305 g/mol. The molecule has 0 aliphatic heterocycles. The van der Waals surface area contributed by atoms with E-state index >= 15 is 0 Å². The third-order valence-electron chi connectivity index (χ3n) is 3.90. The molecule has 0 saturated heterocycles. The molecule has 3 rings (SSSR count). The van der Waals surface area contributed by atoms with Crippen LogP contribution in [0.4, 0.5) is 0 Å². The molecule has 2 aromatic rings. The molecule has 6 heteroatoms. The summed E-state index contributed by atoms with van der Waals surface area (Å²) in [5.74, 6) is 0.0138. The van der Waals surface area contributed by atoms with Crippen LogP contribution in [0.3, 0.4) is 0 Å². The van der Waals surface area contributed by atoms with Crippen molar-refractivity contribution in [3.05, 3.63) is 53.3 Å². The summed E-state index contributed by atoms with van der Waals surface area (Å²) in [6, 6.07) is 9.09. The van der Waals surface area contributed by atoms with E-state index in [-0.39, 0.29) is 11.8 Å². The van der Waals surface area contributed by atoms with E-state index in [0.29, 0.717) is 0 Å². The highest BCUT2D eigenvalue weighted by molar-refractivity contribution is 7.88. The zero-order valence-corrected chi connectivity index (χ0v) is 12.8. The second-order valence-corrected chi connectivity index (χ2v) is 7.23. The highest BCUT2D eigenvalue weighted by Gasteiger charge is 2.27. The third-order valence-corrected chi connectivity index (χ3v) is 5.25. The van der Waals surface area contributed by atoms with Crippen molar-refractivity contribution in [2.45, 2.75) is 31.1 Å². The lowest BCUT2D eigenvalue weighted by Crippen LogP contribution is -2.31. The number of aromatic nitrogens is 2. The number of rotatable bonds is 4. The van der Waals surface area contributed by atoms with Crippen LogP contribution in [0.5, 0.6) is 0 Å². The van der Waals surface area contributed by atoms with Crippen molar-refractivity contribution >= 4 is 10.0 Å². The van der Waals surface area contributed by atoms with Crippen LogP contribution in [0.1, 0.15) is 35.7 Å². The first-order chi connectivity index (χ1) is 10.1. The van der Waals surface area contributed by atoms with E-state index in [9.17, 15) is 8.42 Å². The molecule has 1 aliphatic carbocycles. The SMILES string of the molecule is Cn1ncc2c1CCC[C@H]2NS(=O)(=O)Cc1ccccc1. The van der Waals surface area contributed by atoms with Crippen LogP contribution in [0, 0.1) is 0 Å². The smallest absolute Gasteiger partial charge is 0.216 e. The van der Waals surface area contributed by atoms with Gasteiger partial charge in [0.25, 0.3) is 0 Å². The van der Waals surface area contributed by atoms with E-state index in [1.54, 1.807) is 6.20 Å². The summed E-state index contributed by atoms with van der Waals surface area (Å²) < 4.78 is 29.4. The van der Waals surface area contributed by atoms with Crippen LogP contribution in [0.15, 0.2) is 36.5 Å². The van der Waals surface area contributed by atoms with Crippen molar-refractivity contribution in [3.63, 3.8) is 0 Å². The summed E-state index contributed by atoms with van der Waals surface area (Å²) in [6.45, 7) is 0. The monoisotopic (exact) mass is 305 g/mol. The predicted molar refractivity (Wildman–Crippen MR) is 81.1 cm³/mol. The molecular formula is C15H19N3O2S. The Morgan fingerprint density at radius 1 is 1.33 bits per heavy atom. The molecular weight excluding hydrogens is 286 g/mol. The topological polar surface area (TPSA) is 64.0 Å². The van der Waals surface area contributed by atoms with E-state index in [0.717, 1.165) is 36.1 Å². The van der Waals surface area contributed by atoms with Gasteiger partial charge in [-0.2, -0.15) is 5.10 Å². The molecule has 0 saturated carbocycles. The maximum atomic E-state index is 12.3. The van der Waals surface area contributed by atoms with Crippen molar-refractivity contribution in [3.8, 4) is 0 Å². The normalized spacial score (nSPS) is 18.4. The largest absolute Gasteiger partial charge is 0.272 e. The lowest BCUT2D eigenvalue weighted by atomic mass is 9.94. The zero-order valence-electron chi connectivity index (χ0n) is 12.0. The Kier molecular flexibility index (Phi) is 3.82. The molecule has 1 aromatic heterocycles. The van der Waals surface area contributed by atoms with E-state index < -0.39 is 10.0 Å². The van der Waals surface area contributed by atoms with Gasteiger partial charge in [0.15, 0.2) is 0 Å². The summed E-state index contributed by atoms with van der Waals surface area (Å²) in [6.07, 6.45) is 4.55. The minimum atomic E-state index is -3.35. The number of fused-ring (bicyclic) bond motifs is 1. The van der Waals surface area contributed by atoms with Gasteiger partial charge in [0, 0.05) is 18.3 Å². The second kappa shape index (κ2) is 5.61. The minimum absolute atomic E-state index is 0.0138. The molecule has 0 spiro atoms. The summed E-state index contributed by atoms with van der Waals surface area (Å²) >= 11 is 0. The number of sulfonamides is 1. The number of nitrogens with zero attached hydrogens (tertiary/aromatic N) is 2. The van der Waals surface area contributed by atoms with Crippen LogP contribution in [-0.2, 0) is 29.2 Å². The molecule has 0 radical (unpaired) electrons. The molecule has 1 atom stereocenters. The van der Waals surface area contributed by atoms with Crippen LogP contribution >= 0.6 is 0 Å². The highest BCUT2D eigenvalue weighted by Crippen LogP contribution is 2.29. The molecule has 0 amide bonds. The van der Waals surface area contributed by atoms with E-state index in [2.05, 4.69) is 9.82 Å². The third kappa shape index (κ3) is 3.16. The highest BCUT2D eigenvalue weighted by atomic mass is 32.2. The van der Waals surface area contributed by atoms with Gasteiger partial charge >= 0.3 is 0 Å². The van der Waals surface area contributed by atoms with Crippen LogP contribution in [0.2, 0.25) is 0 Å². The van der Waals surface area contributed by atoms with Gasteiger partial charge in [-0.1, -0.05) is 30.3 Å². The Bertz CT molecular complexity index is 723. The molecule has 5 nitrogen and oxygen atoms in total. The van der Waals surface area contributed by atoms with Gasteiger partial charge < -0.3 is 0 Å². The Morgan fingerprint density at radius 3 is 2.86 bits per heavy atom. The van der Waals surface area contributed by atoms with E-state index in [1.807, 2.05) is 42.1 Å². The number of benzene rings is 1. The molecule has 0 bridgehead atoms. The Morgan fingerprint density at radius 2 is 2.10 bits per heavy atom.